The predicted molar refractivity (Wildman–Crippen MR) is 61.3 cm³/mol. The Labute approximate surface area is 92.7 Å². The number of hydrogen-bond acceptors (Lipinski definition) is 4. The van der Waals surface area contributed by atoms with Gasteiger partial charge in [0.05, 0.1) is 5.52 Å². The maximum absolute atomic E-state index is 13.1. The molecule has 0 radical (unpaired) electrons. The first-order valence-electron chi connectivity index (χ1n) is 5.17. The molecule has 0 spiro atoms. The Bertz CT molecular complexity index is 513. The van der Waals surface area contributed by atoms with Gasteiger partial charge in [0.25, 0.3) is 0 Å². The second-order valence-electron chi connectivity index (χ2n) is 3.54. The van der Waals surface area contributed by atoms with Crippen molar-refractivity contribution in [2.45, 2.75) is 19.8 Å². The lowest BCUT2D eigenvalue weighted by Gasteiger charge is -2.07. The average Bonchev–Trinajstić information content (AvgIpc) is 2.29. The molecule has 0 aliphatic carbocycles. The topological polar surface area (TPSA) is 63.8 Å². The van der Waals surface area contributed by atoms with Gasteiger partial charge in [-0.3, -0.25) is 0 Å². The highest BCUT2D eigenvalue weighted by Gasteiger charge is 2.07. The number of hydrazine groups is 1. The summed E-state index contributed by atoms with van der Waals surface area (Å²) in [7, 11) is 0. The molecule has 0 aliphatic heterocycles. The fourth-order valence-corrected chi connectivity index (χ4v) is 1.59. The number of fused-ring (bicyclic) bond motifs is 1. The van der Waals surface area contributed by atoms with E-state index in [4.69, 9.17) is 5.84 Å². The van der Waals surface area contributed by atoms with Crippen molar-refractivity contribution in [2.24, 2.45) is 5.84 Å². The fourth-order valence-electron chi connectivity index (χ4n) is 1.59. The number of anilines is 1. The van der Waals surface area contributed by atoms with Crippen molar-refractivity contribution in [1.29, 1.82) is 0 Å². The Morgan fingerprint density at radius 1 is 1.38 bits per heavy atom. The van der Waals surface area contributed by atoms with Gasteiger partial charge in [-0.1, -0.05) is 6.92 Å². The van der Waals surface area contributed by atoms with Crippen LogP contribution in [0, 0.1) is 5.82 Å². The van der Waals surface area contributed by atoms with Crippen LogP contribution in [0.4, 0.5) is 10.2 Å². The van der Waals surface area contributed by atoms with Crippen LogP contribution in [-0.2, 0) is 6.42 Å². The molecule has 2 aromatic rings. The van der Waals surface area contributed by atoms with Crippen LogP contribution in [-0.4, -0.2) is 9.97 Å². The molecule has 0 fully saturated rings. The van der Waals surface area contributed by atoms with Crippen molar-refractivity contribution in [2.75, 3.05) is 5.43 Å². The molecule has 1 aromatic carbocycles. The quantitative estimate of drug-likeness (QED) is 0.613. The van der Waals surface area contributed by atoms with E-state index < -0.39 is 0 Å². The largest absolute Gasteiger partial charge is 0.308 e. The number of halogens is 1. The van der Waals surface area contributed by atoms with Gasteiger partial charge < -0.3 is 5.43 Å². The number of rotatable bonds is 3. The molecule has 1 aromatic heterocycles. The van der Waals surface area contributed by atoms with Gasteiger partial charge in [-0.25, -0.2) is 20.2 Å². The Morgan fingerprint density at radius 2 is 2.19 bits per heavy atom. The first-order chi connectivity index (χ1) is 7.74. The van der Waals surface area contributed by atoms with Gasteiger partial charge in [0.15, 0.2) is 5.82 Å². The van der Waals surface area contributed by atoms with Crippen LogP contribution in [0.5, 0.6) is 0 Å². The molecular formula is C11H13FN4. The van der Waals surface area contributed by atoms with Crippen LogP contribution in [0.2, 0.25) is 0 Å². The van der Waals surface area contributed by atoms with Crippen molar-refractivity contribution in [3.05, 3.63) is 29.8 Å². The summed E-state index contributed by atoms with van der Waals surface area (Å²) in [5.74, 6) is 6.23. The minimum Gasteiger partial charge on any atom is -0.308 e. The van der Waals surface area contributed by atoms with Gasteiger partial charge in [-0.05, 0) is 24.6 Å². The highest BCUT2D eigenvalue weighted by Crippen LogP contribution is 2.20. The maximum Gasteiger partial charge on any atom is 0.151 e. The van der Waals surface area contributed by atoms with Gasteiger partial charge in [-0.2, -0.15) is 0 Å². The summed E-state index contributed by atoms with van der Waals surface area (Å²) in [4.78, 5) is 8.58. The Morgan fingerprint density at radius 3 is 2.88 bits per heavy atom. The SMILES string of the molecule is CCCc1nc(NN)c2cc(F)ccc2n1. The van der Waals surface area contributed by atoms with Crippen LogP contribution in [0.1, 0.15) is 19.2 Å². The molecule has 3 N–H and O–H groups in total. The van der Waals surface area contributed by atoms with Gasteiger partial charge in [0, 0.05) is 11.8 Å². The van der Waals surface area contributed by atoms with Crippen molar-refractivity contribution in [1.82, 2.24) is 9.97 Å². The second kappa shape index (κ2) is 4.40. The summed E-state index contributed by atoms with van der Waals surface area (Å²) in [6.07, 6.45) is 1.73. The molecule has 5 heteroatoms. The number of aromatic nitrogens is 2. The maximum atomic E-state index is 13.1. The van der Waals surface area contributed by atoms with Crippen LogP contribution in [0.15, 0.2) is 18.2 Å². The lowest BCUT2D eigenvalue weighted by Crippen LogP contribution is -2.11. The van der Waals surface area contributed by atoms with Crippen LogP contribution in [0.25, 0.3) is 10.9 Å². The number of nitrogens with one attached hydrogen (secondary N) is 1. The van der Waals surface area contributed by atoms with E-state index in [1.54, 1.807) is 6.07 Å². The van der Waals surface area contributed by atoms with Gasteiger partial charge in [0.1, 0.15) is 11.6 Å². The molecule has 0 bridgehead atoms. The van der Waals surface area contributed by atoms with Gasteiger partial charge >= 0.3 is 0 Å². The standard InChI is InChI=1S/C11H13FN4/c1-2-3-10-14-9-5-4-7(12)6-8(9)11(15-10)16-13/h4-6H,2-3,13H2,1H3,(H,14,15,16). The Hall–Kier alpha value is -1.75. The molecule has 2 rings (SSSR count). The minimum absolute atomic E-state index is 0.323. The molecule has 1 heterocycles. The predicted octanol–water partition coefficient (Wildman–Crippen LogP) is 2.01. The van der Waals surface area contributed by atoms with Crippen LogP contribution in [0.3, 0.4) is 0 Å². The molecule has 0 saturated heterocycles. The van der Waals surface area contributed by atoms with Gasteiger partial charge in [0.2, 0.25) is 0 Å². The van der Waals surface area contributed by atoms with E-state index in [1.165, 1.54) is 12.1 Å². The third-order valence-electron chi connectivity index (χ3n) is 2.31. The summed E-state index contributed by atoms with van der Waals surface area (Å²) in [6.45, 7) is 2.05. The van der Waals surface area contributed by atoms with Crippen LogP contribution < -0.4 is 11.3 Å². The lowest BCUT2D eigenvalue weighted by atomic mass is 10.2. The Kier molecular flexibility index (Phi) is 2.96. The molecule has 0 atom stereocenters. The zero-order valence-corrected chi connectivity index (χ0v) is 9.00. The molecule has 0 aliphatic rings. The molecule has 0 unspecified atom stereocenters. The third kappa shape index (κ3) is 1.94. The summed E-state index contributed by atoms with van der Waals surface area (Å²) >= 11 is 0. The van der Waals surface area contributed by atoms with E-state index in [9.17, 15) is 4.39 Å². The number of nitrogen functional groups attached to an aromatic ring is 1. The van der Waals surface area contributed by atoms with Crippen LogP contribution >= 0.6 is 0 Å². The minimum atomic E-state index is -0.323. The van der Waals surface area contributed by atoms with E-state index in [0.29, 0.717) is 16.7 Å². The van der Waals surface area contributed by atoms with Crippen molar-refractivity contribution >= 4 is 16.7 Å². The first kappa shape index (κ1) is 10.8. The highest BCUT2D eigenvalue weighted by molar-refractivity contribution is 5.88. The van der Waals surface area contributed by atoms with Gasteiger partial charge in [-0.15, -0.1) is 0 Å². The van der Waals surface area contributed by atoms with E-state index in [-0.39, 0.29) is 5.82 Å². The fraction of sp³-hybridized carbons (Fsp3) is 0.273. The molecule has 84 valence electrons. The lowest BCUT2D eigenvalue weighted by molar-refractivity contribution is 0.629. The van der Waals surface area contributed by atoms with E-state index >= 15 is 0 Å². The monoisotopic (exact) mass is 220 g/mol. The normalized spacial score (nSPS) is 10.7. The molecular weight excluding hydrogens is 207 g/mol. The summed E-state index contributed by atoms with van der Waals surface area (Å²) in [5, 5.41) is 0.599. The van der Waals surface area contributed by atoms with Crippen molar-refractivity contribution < 1.29 is 4.39 Å². The third-order valence-corrected chi connectivity index (χ3v) is 2.31. The number of aryl methyl sites for hydroxylation is 1. The molecule has 4 nitrogen and oxygen atoms in total. The van der Waals surface area contributed by atoms with E-state index in [2.05, 4.69) is 15.4 Å². The molecule has 0 amide bonds. The zero-order chi connectivity index (χ0) is 11.5. The average molecular weight is 220 g/mol. The number of benzene rings is 1. The summed E-state index contributed by atoms with van der Waals surface area (Å²) < 4.78 is 13.1. The number of hydrogen-bond donors (Lipinski definition) is 2. The van der Waals surface area contributed by atoms with E-state index in [0.717, 1.165) is 18.7 Å². The Balaban J connectivity index is 2.63. The molecule has 16 heavy (non-hydrogen) atoms. The van der Waals surface area contributed by atoms with E-state index in [1.807, 2.05) is 6.92 Å². The molecule has 0 saturated carbocycles. The summed E-state index contributed by atoms with van der Waals surface area (Å²) in [6, 6.07) is 4.39. The van der Waals surface area contributed by atoms with Crippen molar-refractivity contribution in [3.63, 3.8) is 0 Å². The highest BCUT2D eigenvalue weighted by atomic mass is 19.1. The smallest absolute Gasteiger partial charge is 0.151 e. The first-order valence-corrected chi connectivity index (χ1v) is 5.17. The number of nitrogens with zero attached hydrogens (tertiary/aromatic N) is 2. The second-order valence-corrected chi connectivity index (χ2v) is 3.54. The summed E-state index contributed by atoms with van der Waals surface area (Å²) in [5.41, 5.74) is 3.18. The van der Waals surface area contributed by atoms with Crippen molar-refractivity contribution in [3.8, 4) is 0 Å². The number of nitrogens with two attached hydrogens (primary N) is 1. The zero-order valence-electron chi connectivity index (χ0n) is 9.00.